The van der Waals surface area contributed by atoms with E-state index in [2.05, 4.69) is 194 Å². The van der Waals surface area contributed by atoms with Gasteiger partial charge in [-0.05, 0) is 58.7 Å². The van der Waals surface area contributed by atoms with Crippen LogP contribution >= 0.6 is 0 Å². The molecular weight excluding hydrogens is 731 g/mol. The summed E-state index contributed by atoms with van der Waals surface area (Å²) in [5, 5.41) is 5.50. The second-order valence-electron chi connectivity index (χ2n) is 15.8. The molecule has 278 valence electrons. The fourth-order valence-corrected chi connectivity index (χ4v) is 10.1. The van der Waals surface area contributed by atoms with Gasteiger partial charge in [-0.3, -0.25) is 0 Å². The second kappa shape index (κ2) is 12.5. The smallest absolute Gasteiger partial charge is 0.132 e. The van der Waals surface area contributed by atoms with Gasteiger partial charge < -0.3 is 4.74 Å². The molecule has 2 aliphatic rings. The third-order valence-electron chi connectivity index (χ3n) is 12.7. The van der Waals surface area contributed by atoms with Gasteiger partial charge in [0.05, 0.1) is 39.0 Å². The Morgan fingerprint density at radius 2 is 0.950 bits per heavy atom. The van der Waals surface area contributed by atoms with Crippen molar-refractivity contribution in [3.05, 3.63) is 222 Å². The van der Waals surface area contributed by atoms with E-state index in [1.165, 1.54) is 27.6 Å². The Morgan fingerprint density at radius 3 is 1.63 bits per heavy atom. The number of benzene rings is 8. The maximum absolute atomic E-state index is 6.66. The maximum atomic E-state index is 6.66. The highest BCUT2D eigenvalue weighted by Gasteiger charge is 2.51. The minimum atomic E-state index is -0.585. The SMILES string of the molecule is c1ccc(-c2ccc3ccc4ccc(-c5ccc6nc(-c7ccccc7)c7ccc8c(c7c6c5)-c5ccccc5C85c6ccccc6Oc6ccccc65)nc4c3n2)cc1. The average Bonchev–Trinajstić information content (AvgIpc) is 3.62. The quantitative estimate of drug-likeness (QED) is 0.168. The second-order valence-corrected chi connectivity index (χ2v) is 15.8. The summed E-state index contributed by atoms with van der Waals surface area (Å²) in [6, 6.07) is 71.1. The summed E-state index contributed by atoms with van der Waals surface area (Å²) in [7, 11) is 0. The molecular formula is C56H33N3O. The van der Waals surface area contributed by atoms with Gasteiger partial charge in [-0.25, -0.2) is 15.0 Å². The van der Waals surface area contributed by atoms with Crippen molar-refractivity contribution in [1.82, 2.24) is 15.0 Å². The lowest BCUT2D eigenvalue weighted by atomic mass is 9.66. The maximum Gasteiger partial charge on any atom is 0.132 e. The lowest BCUT2D eigenvalue weighted by Gasteiger charge is -2.39. The van der Waals surface area contributed by atoms with Gasteiger partial charge in [-0.15, -0.1) is 0 Å². The van der Waals surface area contributed by atoms with E-state index in [9.17, 15) is 0 Å². The van der Waals surface area contributed by atoms with Gasteiger partial charge in [0.25, 0.3) is 0 Å². The normalized spacial score (nSPS) is 13.3. The molecule has 0 bridgehead atoms. The van der Waals surface area contributed by atoms with E-state index in [-0.39, 0.29) is 0 Å². The molecule has 4 heterocycles. The summed E-state index contributed by atoms with van der Waals surface area (Å²) in [6.45, 7) is 0. The van der Waals surface area contributed by atoms with Gasteiger partial charge in [0.15, 0.2) is 0 Å². The van der Waals surface area contributed by atoms with Gasteiger partial charge >= 0.3 is 0 Å². The van der Waals surface area contributed by atoms with Gasteiger partial charge in [0, 0.05) is 54.7 Å². The van der Waals surface area contributed by atoms with Crippen LogP contribution in [0.1, 0.15) is 22.3 Å². The molecule has 0 saturated carbocycles. The van der Waals surface area contributed by atoms with E-state index < -0.39 is 5.41 Å². The van der Waals surface area contributed by atoms with Gasteiger partial charge in [0.2, 0.25) is 0 Å². The molecule has 13 rings (SSSR count). The third kappa shape index (κ3) is 4.59. The number of nitrogens with zero attached hydrogens (tertiary/aromatic N) is 3. The number of para-hydroxylation sites is 2. The highest BCUT2D eigenvalue weighted by atomic mass is 16.5. The lowest BCUT2D eigenvalue weighted by Crippen LogP contribution is -2.32. The van der Waals surface area contributed by atoms with Crippen LogP contribution in [0.15, 0.2) is 200 Å². The molecule has 11 aromatic rings. The van der Waals surface area contributed by atoms with Crippen LogP contribution in [0.25, 0.3) is 88.4 Å². The third-order valence-corrected chi connectivity index (χ3v) is 12.7. The molecule has 0 fully saturated rings. The van der Waals surface area contributed by atoms with Crippen molar-refractivity contribution >= 4 is 43.5 Å². The number of ether oxygens (including phenoxy) is 1. The van der Waals surface area contributed by atoms with Crippen LogP contribution in [0.3, 0.4) is 0 Å². The van der Waals surface area contributed by atoms with Gasteiger partial charge in [0.1, 0.15) is 11.5 Å². The molecule has 4 heteroatoms. The topological polar surface area (TPSA) is 47.9 Å². The summed E-state index contributed by atoms with van der Waals surface area (Å²) < 4.78 is 6.66. The summed E-state index contributed by atoms with van der Waals surface area (Å²) >= 11 is 0. The van der Waals surface area contributed by atoms with Crippen molar-refractivity contribution in [3.63, 3.8) is 0 Å². The first-order valence-corrected chi connectivity index (χ1v) is 20.4. The Bertz CT molecular complexity index is 3530. The van der Waals surface area contributed by atoms with Crippen LogP contribution in [-0.2, 0) is 5.41 Å². The number of hydrogen-bond acceptors (Lipinski definition) is 4. The number of rotatable bonds is 3. The molecule has 1 spiro atoms. The van der Waals surface area contributed by atoms with E-state index in [0.717, 1.165) is 94.5 Å². The summed E-state index contributed by atoms with van der Waals surface area (Å²) in [6.07, 6.45) is 0. The average molecular weight is 764 g/mol. The summed E-state index contributed by atoms with van der Waals surface area (Å²) in [5.41, 5.74) is 15.4. The molecule has 0 saturated heterocycles. The van der Waals surface area contributed by atoms with Crippen LogP contribution in [0.2, 0.25) is 0 Å². The Balaban J connectivity index is 1.11. The molecule has 0 atom stereocenters. The first-order chi connectivity index (χ1) is 29.7. The monoisotopic (exact) mass is 763 g/mol. The molecule has 8 aromatic carbocycles. The van der Waals surface area contributed by atoms with E-state index in [1.54, 1.807) is 0 Å². The van der Waals surface area contributed by atoms with E-state index in [4.69, 9.17) is 19.7 Å². The van der Waals surface area contributed by atoms with Crippen molar-refractivity contribution < 1.29 is 4.74 Å². The number of fused-ring (bicyclic) bond motifs is 16. The zero-order chi connectivity index (χ0) is 39.4. The van der Waals surface area contributed by atoms with Gasteiger partial charge in [-0.2, -0.15) is 0 Å². The Hall–Kier alpha value is -7.95. The van der Waals surface area contributed by atoms with E-state index in [0.29, 0.717) is 0 Å². The zero-order valence-corrected chi connectivity index (χ0v) is 32.3. The standard InChI is InChI=1S/C56H33N3O/c1-3-13-34(14-4-1)46-30-25-36-23-24-37-26-31-47(58-55(37)54(36)57-46)38-27-32-48-41(33-38)51-40(53(59-48)35-15-5-2-6-16-35)28-29-45-52(51)39-17-7-8-18-42(39)56(45)43-19-9-11-21-49(43)60-50-22-12-10-20-44(50)56/h1-33H. The van der Waals surface area contributed by atoms with Gasteiger partial charge in [-0.1, -0.05) is 164 Å². The van der Waals surface area contributed by atoms with E-state index in [1.807, 2.05) is 6.07 Å². The van der Waals surface area contributed by atoms with Crippen LogP contribution in [0.5, 0.6) is 11.5 Å². The molecule has 4 nitrogen and oxygen atoms in total. The zero-order valence-electron chi connectivity index (χ0n) is 32.3. The minimum Gasteiger partial charge on any atom is -0.457 e. The molecule has 0 amide bonds. The van der Waals surface area contributed by atoms with Crippen LogP contribution in [0.4, 0.5) is 0 Å². The molecule has 1 aliphatic heterocycles. The molecule has 3 aromatic heterocycles. The fourth-order valence-electron chi connectivity index (χ4n) is 10.1. The van der Waals surface area contributed by atoms with Crippen LogP contribution in [-0.4, -0.2) is 15.0 Å². The summed E-state index contributed by atoms with van der Waals surface area (Å²) in [4.78, 5) is 16.0. The Kier molecular flexibility index (Phi) is 6.90. The first-order valence-electron chi connectivity index (χ1n) is 20.4. The lowest BCUT2D eigenvalue weighted by molar-refractivity contribution is 0.436. The van der Waals surface area contributed by atoms with Crippen LogP contribution < -0.4 is 4.74 Å². The minimum absolute atomic E-state index is 0.585. The predicted molar refractivity (Wildman–Crippen MR) is 244 cm³/mol. The van der Waals surface area contributed by atoms with Crippen molar-refractivity contribution in [2.24, 2.45) is 0 Å². The van der Waals surface area contributed by atoms with Crippen molar-refractivity contribution in [1.29, 1.82) is 0 Å². The molecule has 1 aliphatic carbocycles. The highest BCUT2D eigenvalue weighted by molar-refractivity contribution is 6.20. The first kappa shape index (κ1) is 33.1. The number of aromatic nitrogens is 3. The predicted octanol–water partition coefficient (Wildman–Crippen LogP) is 14.0. The molecule has 0 unspecified atom stereocenters. The number of hydrogen-bond donors (Lipinski definition) is 0. The molecule has 60 heavy (non-hydrogen) atoms. The highest BCUT2D eigenvalue weighted by Crippen LogP contribution is 2.63. The largest absolute Gasteiger partial charge is 0.457 e. The number of pyridine rings is 3. The molecule has 0 radical (unpaired) electrons. The Morgan fingerprint density at radius 1 is 0.383 bits per heavy atom. The van der Waals surface area contributed by atoms with E-state index >= 15 is 0 Å². The Labute approximate surface area is 346 Å². The fraction of sp³-hybridized carbons (Fsp3) is 0.0179. The van der Waals surface area contributed by atoms with Crippen LogP contribution in [0, 0.1) is 0 Å². The van der Waals surface area contributed by atoms with Crippen molar-refractivity contribution in [2.45, 2.75) is 5.41 Å². The summed E-state index contributed by atoms with van der Waals surface area (Å²) in [5.74, 6) is 1.76. The van der Waals surface area contributed by atoms with Crippen molar-refractivity contribution in [2.75, 3.05) is 0 Å². The van der Waals surface area contributed by atoms with Crippen molar-refractivity contribution in [3.8, 4) is 56.4 Å². The molecule has 0 N–H and O–H groups in total.